The zero-order valence-electron chi connectivity index (χ0n) is 10.6. The third kappa shape index (κ3) is 2.96. The third-order valence-corrected chi connectivity index (χ3v) is 4.22. The fourth-order valence-corrected chi connectivity index (χ4v) is 3.26. The first kappa shape index (κ1) is 12.3. The van der Waals surface area contributed by atoms with Gasteiger partial charge in [0.1, 0.15) is 0 Å². The van der Waals surface area contributed by atoms with E-state index in [9.17, 15) is 5.11 Å². The molecule has 0 radical (unpaired) electrons. The van der Waals surface area contributed by atoms with Crippen LogP contribution in [0.4, 0.5) is 0 Å². The number of morpholine rings is 1. The summed E-state index contributed by atoms with van der Waals surface area (Å²) < 4.78 is 5.36. The Kier molecular flexibility index (Phi) is 4.22. The molecule has 0 aromatic rings. The fourth-order valence-electron chi connectivity index (χ4n) is 3.26. The molecule has 1 heterocycles. The van der Waals surface area contributed by atoms with E-state index in [1.807, 2.05) is 0 Å². The second kappa shape index (κ2) is 5.48. The van der Waals surface area contributed by atoms with Crippen molar-refractivity contribution in [3.05, 3.63) is 0 Å². The SMILES string of the molecule is CC1CC(C)C(CN2CCOCC2)C(O)C1. The molecule has 1 saturated carbocycles. The van der Waals surface area contributed by atoms with Gasteiger partial charge in [-0.25, -0.2) is 0 Å². The van der Waals surface area contributed by atoms with Crippen molar-refractivity contribution in [2.45, 2.75) is 32.8 Å². The Balaban J connectivity index is 1.86. The standard InChI is InChI=1S/C13H25NO2/c1-10-7-11(2)12(13(15)8-10)9-14-3-5-16-6-4-14/h10-13,15H,3-9H2,1-2H3. The van der Waals surface area contributed by atoms with Crippen LogP contribution in [0, 0.1) is 17.8 Å². The number of hydrogen-bond acceptors (Lipinski definition) is 3. The van der Waals surface area contributed by atoms with Crippen molar-refractivity contribution < 1.29 is 9.84 Å². The predicted molar refractivity (Wildman–Crippen MR) is 64.3 cm³/mol. The quantitative estimate of drug-likeness (QED) is 0.773. The minimum atomic E-state index is -0.0957. The lowest BCUT2D eigenvalue weighted by Crippen LogP contribution is -2.46. The molecule has 1 aliphatic carbocycles. The molecule has 1 aliphatic heterocycles. The van der Waals surface area contributed by atoms with Crippen molar-refractivity contribution in [2.75, 3.05) is 32.8 Å². The number of ether oxygens (including phenoxy) is 1. The Bertz CT molecular complexity index is 204. The van der Waals surface area contributed by atoms with Crippen LogP contribution in [0.1, 0.15) is 26.7 Å². The van der Waals surface area contributed by atoms with Crippen LogP contribution in [-0.4, -0.2) is 49.0 Å². The fraction of sp³-hybridized carbons (Fsp3) is 1.00. The lowest BCUT2D eigenvalue weighted by Gasteiger charge is -2.40. The normalized spacial score (nSPS) is 42.2. The largest absolute Gasteiger partial charge is 0.393 e. The molecule has 2 rings (SSSR count). The summed E-state index contributed by atoms with van der Waals surface area (Å²) in [7, 11) is 0. The lowest BCUT2D eigenvalue weighted by molar-refractivity contribution is -0.0258. The van der Waals surface area contributed by atoms with Crippen LogP contribution in [-0.2, 0) is 4.74 Å². The predicted octanol–water partition coefficient (Wildman–Crippen LogP) is 1.36. The molecular formula is C13H25NO2. The van der Waals surface area contributed by atoms with E-state index in [0.717, 1.165) is 39.3 Å². The van der Waals surface area contributed by atoms with Gasteiger partial charge in [-0.2, -0.15) is 0 Å². The molecule has 0 aromatic carbocycles. The molecule has 16 heavy (non-hydrogen) atoms. The van der Waals surface area contributed by atoms with Crippen LogP contribution in [0.5, 0.6) is 0 Å². The Morgan fingerprint density at radius 2 is 1.88 bits per heavy atom. The molecule has 4 atom stereocenters. The van der Waals surface area contributed by atoms with E-state index in [-0.39, 0.29) is 6.10 Å². The van der Waals surface area contributed by atoms with E-state index in [1.165, 1.54) is 6.42 Å². The van der Waals surface area contributed by atoms with Crippen LogP contribution < -0.4 is 0 Å². The summed E-state index contributed by atoms with van der Waals surface area (Å²) in [4.78, 5) is 2.45. The minimum Gasteiger partial charge on any atom is -0.393 e. The van der Waals surface area contributed by atoms with Crippen LogP contribution in [0.15, 0.2) is 0 Å². The average Bonchev–Trinajstić information content (AvgIpc) is 2.25. The topological polar surface area (TPSA) is 32.7 Å². The van der Waals surface area contributed by atoms with Gasteiger partial charge in [-0.15, -0.1) is 0 Å². The Morgan fingerprint density at radius 1 is 1.19 bits per heavy atom. The van der Waals surface area contributed by atoms with E-state index in [4.69, 9.17) is 4.74 Å². The van der Waals surface area contributed by atoms with Crippen molar-refractivity contribution in [2.24, 2.45) is 17.8 Å². The number of nitrogens with zero attached hydrogens (tertiary/aromatic N) is 1. The smallest absolute Gasteiger partial charge is 0.0594 e. The summed E-state index contributed by atoms with van der Waals surface area (Å²) in [6.45, 7) is 9.38. The van der Waals surface area contributed by atoms with Gasteiger partial charge < -0.3 is 9.84 Å². The maximum absolute atomic E-state index is 10.2. The highest BCUT2D eigenvalue weighted by atomic mass is 16.5. The molecule has 3 nitrogen and oxygen atoms in total. The zero-order valence-corrected chi connectivity index (χ0v) is 10.6. The Hall–Kier alpha value is -0.120. The van der Waals surface area contributed by atoms with Gasteiger partial charge in [0.05, 0.1) is 19.3 Å². The van der Waals surface area contributed by atoms with Crippen LogP contribution in [0.2, 0.25) is 0 Å². The van der Waals surface area contributed by atoms with Crippen LogP contribution in [0.25, 0.3) is 0 Å². The van der Waals surface area contributed by atoms with E-state index in [0.29, 0.717) is 17.8 Å². The van der Waals surface area contributed by atoms with Gasteiger partial charge in [0.15, 0.2) is 0 Å². The second-order valence-electron chi connectivity index (χ2n) is 5.70. The molecule has 3 heteroatoms. The van der Waals surface area contributed by atoms with E-state index < -0.39 is 0 Å². The monoisotopic (exact) mass is 227 g/mol. The van der Waals surface area contributed by atoms with E-state index in [2.05, 4.69) is 18.7 Å². The molecule has 0 amide bonds. The summed E-state index contributed by atoms with van der Waals surface area (Å²) >= 11 is 0. The van der Waals surface area contributed by atoms with Gasteiger partial charge in [0, 0.05) is 25.6 Å². The maximum Gasteiger partial charge on any atom is 0.0594 e. The van der Waals surface area contributed by atoms with Gasteiger partial charge in [-0.3, -0.25) is 4.90 Å². The van der Waals surface area contributed by atoms with E-state index >= 15 is 0 Å². The highest BCUT2D eigenvalue weighted by molar-refractivity contribution is 4.85. The highest BCUT2D eigenvalue weighted by Crippen LogP contribution is 2.34. The summed E-state index contributed by atoms with van der Waals surface area (Å²) in [5.41, 5.74) is 0. The second-order valence-corrected chi connectivity index (χ2v) is 5.70. The Labute approximate surface area is 98.8 Å². The molecule has 1 N–H and O–H groups in total. The summed E-state index contributed by atoms with van der Waals surface area (Å²) in [5.74, 6) is 1.81. The van der Waals surface area contributed by atoms with Crippen LogP contribution >= 0.6 is 0 Å². The highest BCUT2D eigenvalue weighted by Gasteiger charge is 2.33. The molecule has 0 spiro atoms. The summed E-state index contributed by atoms with van der Waals surface area (Å²) in [5, 5.41) is 10.2. The lowest BCUT2D eigenvalue weighted by atomic mass is 9.73. The van der Waals surface area contributed by atoms with Gasteiger partial charge in [-0.1, -0.05) is 13.8 Å². The summed E-state index contributed by atoms with van der Waals surface area (Å²) in [6, 6.07) is 0. The number of aliphatic hydroxyl groups excluding tert-OH is 1. The maximum atomic E-state index is 10.2. The van der Waals surface area contributed by atoms with Crippen molar-refractivity contribution in [1.29, 1.82) is 0 Å². The van der Waals surface area contributed by atoms with Gasteiger partial charge in [0.2, 0.25) is 0 Å². The first-order chi connectivity index (χ1) is 7.66. The van der Waals surface area contributed by atoms with Crippen LogP contribution in [0.3, 0.4) is 0 Å². The summed E-state index contributed by atoms with van der Waals surface area (Å²) in [6.07, 6.45) is 2.16. The third-order valence-electron chi connectivity index (χ3n) is 4.22. The van der Waals surface area contributed by atoms with E-state index in [1.54, 1.807) is 0 Å². The van der Waals surface area contributed by atoms with Gasteiger partial charge >= 0.3 is 0 Å². The minimum absolute atomic E-state index is 0.0957. The molecule has 2 fully saturated rings. The number of aliphatic hydroxyl groups is 1. The first-order valence-electron chi connectivity index (χ1n) is 6.65. The van der Waals surface area contributed by atoms with Crippen molar-refractivity contribution in [1.82, 2.24) is 4.90 Å². The molecule has 0 aromatic heterocycles. The molecule has 1 saturated heterocycles. The molecule has 4 unspecified atom stereocenters. The van der Waals surface area contributed by atoms with Gasteiger partial charge in [0.25, 0.3) is 0 Å². The number of rotatable bonds is 2. The average molecular weight is 227 g/mol. The van der Waals surface area contributed by atoms with Crippen molar-refractivity contribution in [3.8, 4) is 0 Å². The zero-order chi connectivity index (χ0) is 11.5. The molecule has 94 valence electrons. The number of hydrogen-bond donors (Lipinski definition) is 1. The molecular weight excluding hydrogens is 202 g/mol. The van der Waals surface area contributed by atoms with Crippen molar-refractivity contribution >= 4 is 0 Å². The van der Waals surface area contributed by atoms with Crippen molar-refractivity contribution in [3.63, 3.8) is 0 Å². The van der Waals surface area contributed by atoms with Gasteiger partial charge in [-0.05, 0) is 24.7 Å². The molecule has 0 bridgehead atoms. The Morgan fingerprint density at radius 3 is 2.50 bits per heavy atom. The first-order valence-corrected chi connectivity index (χ1v) is 6.65. The molecule has 2 aliphatic rings.